The number of rotatable bonds is 3. The lowest BCUT2D eigenvalue weighted by Crippen LogP contribution is -2.37. The standard InChI is InChI=1S/C7H10N2O4S/c1-6-2-4-7(5-3-6)14(12,13)8-9(10)11/h2-5,8,10-11H,1H3. The normalized spacial score (nSPS) is 12.0. The molecule has 1 aromatic rings. The van der Waals surface area contributed by atoms with Gasteiger partial charge >= 0.3 is 0 Å². The van der Waals surface area contributed by atoms with Crippen molar-refractivity contribution in [2.75, 3.05) is 0 Å². The van der Waals surface area contributed by atoms with E-state index in [0.29, 0.717) is 0 Å². The van der Waals surface area contributed by atoms with E-state index in [0.717, 1.165) is 5.56 Å². The summed E-state index contributed by atoms with van der Waals surface area (Å²) >= 11 is 0. The molecule has 0 atom stereocenters. The van der Waals surface area contributed by atoms with Crippen LogP contribution in [0.3, 0.4) is 0 Å². The highest BCUT2D eigenvalue weighted by Crippen LogP contribution is 2.09. The van der Waals surface area contributed by atoms with Crippen molar-refractivity contribution < 1.29 is 18.8 Å². The number of aryl methyl sites for hydroxylation is 1. The van der Waals surface area contributed by atoms with E-state index in [-0.39, 0.29) is 4.90 Å². The second-order valence-corrected chi connectivity index (χ2v) is 4.36. The van der Waals surface area contributed by atoms with Gasteiger partial charge in [0.25, 0.3) is 10.0 Å². The molecule has 3 N–H and O–H groups in total. The molecular weight excluding hydrogens is 208 g/mol. The van der Waals surface area contributed by atoms with Crippen LogP contribution < -0.4 is 4.83 Å². The Hall–Kier alpha value is -0.990. The highest BCUT2D eigenvalue weighted by atomic mass is 32.2. The quantitative estimate of drug-likeness (QED) is 0.633. The summed E-state index contributed by atoms with van der Waals surface area (Å²) in [6, 6.07) is 5.93. The predicted octanol–water partition coefficient (Wildman–Crippen LogP) is 0.269. The minimum absolute atomic E-state index is 0.0452. The van der Waals surface area contributed by atoms with Crippen molar-refractivity contribution in [3.8, 4) is 0 Å². The zero-order valence-electron chi connectivity index (χ0n) is 7.38. The van der Waals surface area contributed by atoms with Gasteiger partial charge in [-0.1, -0.05) is 22.5 Å². The van der Waals surface area contributed by atoms with Gasteiger partial charge in [0.05, 0.1) is 4.90 Å². The summed E-state index contributed by atoms with van der Waals surface area (Å²) in [6.07, 6.45) is 0. The van der Waals surface area contributed by atoms with Gasteiger partial charge in [-0.2, -0.15) is 0 Å². The van der Waals surface area contributed by atoms with Crippen LogP contribution in [0.2, 0.25) is 0 Å². The number of sulfonamides is 1. The van der Waals surface area contributed by atoms with Crippen LogP contribution in [0.1, 0.15) is 5.56 Å². The molecule has 0 aliphatic rings. The van der Waals surface area contributed by atoms with Crippen LogP contribution in [0.15, 0.2) is 29.2 Å². The lowest BCUT2D eigenvalue weighted by Gasteiger charge is -2.08. The lowest BCUT2D eigenvalue weighted by molar-refractivity contribution is -0.325. The Morgan fingerprint density at radius 2 is 1.71 bits per heavy atom. The van der Waals surface area contributed by atoms with Crippen molar-refractivity contribution >= 4 is 10.0 Å². The first kappa shape index (κ1) is 11.1. The second-order valence-electron chi connectivity index (χ2n) is 2.70. The highest BCUT2D eigenvalue weighted by molar-refractivity contribution is 7.89. The average molecular weight is 218 g/mol. The molecular formula is C7H10N2O4S. The number of nitrogens with one attached hydrogen (secondary N) is 1. The maximum absolute atomic E-state index is 11.3. The lowest BCUT2D eigenvalue weighted by atomic mass is 10.2. The summed E-state index contributed by atoms with van der Waals surface area (Å²) in [5.41, 5.74) is 0.911. The molecule has 1 aromatic carbocycles. The molecule has 6 nitrogen and oxygen atoms in total. The summed E-state index contributed by atoms with van der Waals surface area (Å²) in [4.78, 5) is 1.43. The Morgan fingerprint density at radius 1 is 1.21 bits per heavy atom. The first-order valence-electron chi connectivity index (χ1n) is 3.69. The van der Waals surface area contributed by atoms with E-state index in [2.05, 4.69) is 0 Å². The van der Waals surface area contributed by atoms with Crippen molar-refractivity contribution in [1.29, 1.82) is 0 Å². The van der Waals surface area contributed by atoms with Crippen molar-refractivity contribution in [3.63, 3.8) is 0 Å². The summed E-state index contributed by atoms with van der Waals surface area (Å²) < 4.78 is 22.6. The summed E-state index contributed by atoms with van der Waals surface area (Å²) in [6.45, 7) is 1.81. The van der Waals surface area contributed by atoms with Gasteiger partial charge in [0.1, 0.15) is 0 Å². The van der Waals surface area contributed by atoms with E-state index in [9.17, 15) is 8.42 Å². The third kappa shape index (κ3) is 2.76. The molecule has 7 heteroatoms. The summed E-state index contributed by atoms with van der Waals surface area (Å²) in [5, 5.41) is 16.0. The minimum Gasteiger partial charge on any atom is -0.275 e. The van der Waals surface area contributed by atoms with Crippen LogP contribution in [0.4, 0.5) is 0 Å². The number of hydrazine groups is 1. The number of hydrogen-bond acceptors (Lipinski definition) is 5. The topological polar surface area (TPSA) is 89.9 Å². The molecule has 0 aliphatic heterocycles. The molecule has 0 aromatic heterocycles. The van der Waals surface area contributed by atoms with Gasteiger partial charge < -0.3 is 0 Å². The van der Waals surface area contributed by atoms with Gasteiger partial charge in [0, 0.05) is 5.34 Å². The number of benzene rings is 1. The van der Waals surface area contributed by atoms with E-state index in [1.54, 1.807) is 12.1 Å². The molecule has 0 amide bonds. The van der Waals surface area contributed by atoms with E-state index >= 15 is 0 Å². The predicted molar refractivity (Wildman–Crippen MR) is 46.9 cm³/mol. The Bertz CT molecular complexity index is 398. The minimum atomic E-state index is -3.90. The monoisotopic (exact) mass is 218 g/mol. The Kier molecular flexibility index (Phi) is 3.19. The number of nitrogens with zero attached hydrogens (tertiary/aromatic N) is 1. The van der Waals surface area contributed by atoms with Gasteiger partial charge in [0.15, 0.2) is 0 Å². The van der Waals surface area contributed by atoms with Crippen LogP contribution >= 0.6 is 0 Å². The molecule has 0 spiro atoms. The zero-order chi connectivity index (χ0) is 10.8. The molecule has 0 heterocycles. The first-order chi connectivity index (χ1) is 6.42. The molecule has 0 unspecified atom stereocenters. The molecule has 0 aliphatic carbocycles. The van der Waals surface area contributed by atoms with E-state index in [1.165, 1.54) is 17.0 Å². The fraction of sp³-hybridized carbons (Fsp3) is 0.143. The summed E-state index contributed by atoms with van der Waals surface area (Å²) in [7, 11) is -3.90. The van der Waals surface area contributed by atoms with E-state index in [1.807, 2.05) is 6.92 Å². The van der Waals surface area contributed by atoms with Gasteiger partial charge in [0.2, 0.25) is 0 Å². The fourth-order valence-corrected chi connectivity index (χ4v) is 1.69. The van der Waals surface area contributed by atoms with Crippen LogP contribution in [-0.2, 0) is 10.0 Å². The van der Waals surface area contributed by atoms with Crippen LogP contribution in [-0.4, -0.2) is 24.2 Å². The van der Waals surface area contributed by atoms with E-state index < -0.39 is 15.4 Å². The Morgan fingerprint density at radius 3 is 2.14 bits per heavy atom. The Balaban J connectivity index is 2.99. The summed E-state index contributed by atoms with van der Waals surface area (Å²) in [5.74, 6) is 0. The molecule has 0 saturated heterocycles. The van der Waals surface area contributed by atoms with Gasteiger partial charge in [-0.05, 0) is 19.1 Å². The maximum atomic E-state index is 11.3. The molecule has 14 heavy (non-hydrogen) atoms. The third-order valence-electron chi connectivity index (χ3n) is 1.53. The average Bonchev–Trinajstić information content (AvgIpc) is 2.02. The van der Waals surface area contributed by atoms with Crippen molar-refractivity contribution in [2.45, 2.75) is 11.8 Å². The third-order valence-corrected chi connectivity index (χ3v) is 2.83. The van der Waals surface area contributed by atoms with Crippen LogP contribution in [0.5, 0.6) is 0 Å². The van der Waals surface area contributed by atoms with Crippen molar-refractivity contribution in [3.05, 3.63) is 29.8 Å². The first-order valence-corrected chi connectivity index (χ1v) is 5.17. The van der Waals surface area contributed by atoms with Gasteiger partial charge in [-0.3, -0.25) is 10.4 Å². The Labute approximate surface area is 81.3 Å². The van der Waals surface area contributed by atoms with Crippen molar-refractivity contribution in [2.24, 2.45) is 0 Å². The van der Waals surface area contributed by atoms with Crippen LogP contribution in [0.25, 0.3) is 0 Å². The molecule has 0 saturated carbocycles. The van der Waals surface area contributed by atoms with Crippen molar-refractivity contribution in [1.82, 2.24) is 10.2 Å². The molecule has 0 fully saturated rings. The maximum Gasteiger partial charge on any atom is 0.257 e. The SMILES string of the molecule is Cc1ccc(S(=O)(=O)NN(O)O)cc1. The highest BCUT2D eigenvalue weighted by Gasteiger charge is 2.15. The molecule has 0 bridgehead atoms. The molecule has 1 rings (SSSR count). The van der Waals surface area contributed by atoms with Gasteiger partial charge in [-0.25, -0.2) is 8.42 Å². The molecule has 0 radical (unpaired) electrons. The largest absolute Gasteiger partial charge is 0.275 e. The second kappa shape index (κ2) is 4.03. The van der Waals surface area contributed by atoms with Gasteiger partial charge in [-0.15, -0.1) is 0 Å². The van der Waals surface area contributed by atoms with E-state index in [4.69, 9.17) is 10.4 Å². The smallest absolute Gasteiger partial charge is 0.257 e. The number of hydrogen-bond donors (Lipinski definition) is 3. The zero-order valence-corrected chi connectivity index (χ0v) is 8.19. The van der Waals surface area contributed by atoms with Crippen LogP contribution in [0, 0.1) is 6.92 Å². The molecule has 78 valence electrons. The fourth-order valence-electron chi connectivity index (χ4n) is 0.878.